The molecule has 0 unspecified atom stereocenters. The van der Waals surface area contributed by atoms with Crippen molar-refractivity contribution in [1.82, 2.24) is 5.16 Å². The molecule has 2 heterocycles. The summed E-state index contributed by atoms with van der Waals surface area (Å²) in [6, 6.07) is 3.77. The van der Waals surface area contributed by atoms with Crippen LogP contribution in [-0.2, 0) is 11.3 Å². The fourth-order valence-corrected chi connectivity index (χ4v) is 2.44. The van der Waals surface area contributed by atoms with E-state index in [1.165, 1.54) is 11.2 Å². The number of ketones is 1. The summed E-state index contributed by atoms with van der Waals surface area (Å²) in [5, 5.41) is 3.60. The Kier molecular flexibility index (Phi) is 2.48. The van der Waals surface area contributed by atoms with E-state index < -0.39 is 11.7 Å². The van der Waals surface area contributed by atoms with E-state index in [9.17, 15) is 9.59 Å². The molecule has 2 aromatic rings. The van der Waals surface area contributed by atoms with Gasteiger partial charge in [-0.25, -0.2) is 0 Å². The molecule has 1 aromatic carbocycles. The number of benzene rings is 1. The van der Waals surface area contributed by atoms with Gasteiger partial charge in [0.15, 0.2) is 0 Å². The van der Waals surface area contributed by atoms with Crippen molar-refractivity contribution in [2.24, 2.45) is 0 Å². The first kappa shape index (κ1) is 11.6. The average molecular weight is 256 g/mol. The van der Waals surface area contributed by atoms with Gasteiger partial charge in [-0.1, -0.05) is 11.2 Å². The summed E-state index contributed by atoms with van der Waals surface area (Å²) in [6.45, 7) is 4.09. The van der Waals surface area contributed by atoms with Crippen molar-refractivity contribution in [3.05, 3.63) is 46.8 Å². The van der Waals surface area contributed by atoms with Gasteiger partial charge in [-0.2, -0.15) is 0 Å². The van der Waals surface area contributed by atoms with Gasteiger partial charge in [0.25, 0.3) is 11.7 Å². The number of hydrogen-bond acceptors (Lipinski definition) is 4. The van der Waals surface area contributed by atoms with E-state index in [1.54, 1.807) is 6.20 Å². The van der Waals surface area contributed by atoms with Crippen LogP contribution in [0.25, 0.3) is 0 Å². The smallest absolute Gasteiger partial charge is 0.299 e. The molecule has 1 aliphatic heterocycles. The minimum Gasteiger partial charge on any atom is -0.364 e. The fraction of sp³-hybridized carbons (Fsp3) is 0.214. The van der Waals surface area contributed by atoms with Crippen molar-refractivity contribution < 1.29 is 14.1 Å². The highest BCUT2D eigenvalue weighted by atomic mass is 16.5. The summed E-state index contributed by atoms with van der Waals surface area (Å²) in [5.74, 6) is -0.936. The molecule has 19 heavy (non-hydrogen) atoms. The summed E-state index contributed by atoms with van der Waals surface area (Å²) in [4.78, 5) is 25.6. The van der Waals surface area contributed by atoms with E-state index in [4.69, 9.17) is 4.52 Å². The molecule has 0 radical (unpaired) electrons. The molecule has 5 heteroatoms. The maximum absolute atomic E-state index is 12.1. The molecule has 0 bridgehead atoms. The minimum atomic E-state index is -0.495. The van der Waals surface area contributed by atoms with Gasteiger partial charge in [-0.15, -0.1) is 0 Å². The summed E-state index contributed by atoms with van der Waals surface area (Å²) in [7, 11) is 0. The standard InChI is InChI=1S/C14H12N2O3/c1-8-3-9(2)12-11(4-8)16(14(18)13(12)17)6-10-5-15-19-7-10/h3-5,7H,6H2,1-2H3. The van der Waals surface area contributed by atoms with Gasteiger partial charge in [0.2, 0.25) is 0 Å². The van der Waals surface area contributed by atoms with E-state index in [2.05, 4.69) is 5.16 Å². The summed E-state index contributed by atoms with van der Waals surface area (Å²) in [6.07, 6.45) is 3.01. The number of rotatable bonds is 2. The number of aromatic nitrogens is 1. The first-order valence-electron chi connectivity index (χ1n) is 5.93. The van der Waals surface area contributed by atoms with E-state index in [-0.39, 0.29) is 0 Å². The molecule has 0 aliphatic carbocycles. The van der Waals surface area contributed by atoms with Gasteiger partial charge in [0.1, 0.15) is 6.26 Å². The van der Waals surface area contributed by atoms with Crippen molar-refractivity contribution in [3.63, 3.8) is 0 Å². The number of carbonyl (C=O) groups is 2. The average Bonchev–Trinajstić information content (AvgIpc) is 2.93. The van der Waals surface area contributed by atoms with Crippen LogP contribution in [0.5, 0.6) is 0 Å². The molecule has 1 amide bonds. The molecular weight excluding hydrogens is 244 g/mol. The Morgan fingerprint density at radius 2 is 2.05 bits per heavy atom. The summed E-state index contributed by atoms with van der Waals surface area (Å²) in [5.41, 5.74) is 3.80. The van der Waals surface area contributed by atoms with E-state index in [1.807, 2.05) is 26.0 Å². The van der Waals surface area contributed by atoms with Crippen molar-refractivity contribution in [3.8, 4) is 0 Å². The molecule has 1 aliphatic rings. The lowest BCUT2D eigenvalue weighted by molar-refractivity contribution is -0.114. The third-order valence-corrected chi connectivity index (χ3v) is 3.24. The SMILES string of the molecule is Cc1cc(C)c2c(c1)N(Cc1cnoc1)C(=O)C2=O. The van der Waals surface area contributed by atoms with Crippen molar-refractivity contribution in [2.75, 3.05) is 4.90 Å². The van der Waals surface area contributed by atoms with Crippen molar-refractivity contribution in [2.45, 2.75) is 20.4 Å². The van der Waals surface area contributed by atoms with Crippen molar-refractivity contribution >= 4 is 17.4 Å². The largest absolute Gasteiger partial charge is 0.364 e. The summed E-state index contributed by atoms with van der Waals surface area (Å²) < 4.78 is 4.75. The maximum atomic E-state index is 12.1. The zero-order valence-corrected chi connectivity index (χ0v) is 10.6. The van der Waals surface area contributed by atoms with Gasteiger partial charge in [-0.05, 0) is 31.0 Å². The number of Topliss-reactive ketones (excluding diaryl/α,β-unsaturated/α-hetero) is 1. The molecule has 5 nitrogen and oxygen atoms in total. The lowest BCUT2D eigenvalue weighted by atomic mass is 10.0. The zero-order valence-electron chi connectivity index (χ0n) is 10.6. The van der Waals surface area contributed by atoms with Crippen LogP contribution >= 0.6 is 0 Å². The number of anilines is 1. The van der Waals surface area contributed by atoms with Crippen LogP contribution in [0.2, 0.25) is 0 Å². The Bertz CT molecular complexity index is 674. The number of fused-ring (bicyclic) bond motifs is 1. The lowest BCUT2D eigenvalue weighted by Gasteiger charge is -2.16. The van der Waals surface area contributed by atoms with Crippen LogP contribution in [0.1, 0.15) is 27.0 Å². The molecule has 3 rings (SSSR count). The molecule has 96 valence electrons. The maximum Gasteiger partial charge on any atom is 0.299 e. The van der Waals surface area contributed by atoms with Crippen LogP contribution in [0.3, 0.4) is 0 Å². The Balaban J connectivity index is 2.09. The molecular formula is C14H12N2O3. The molecule has 0 spiro atoms. The molecule has 0 N–H and O–H groups in total. The highest BCUT2D eigenvalue weighted by Gasteiger charge is 2.37. The second kappa shape index (κ2) is 4.05. The normalized spacial score (nSPS) is 14.1. The van der Waals surface area contributed by atoms with Crippen LogP contribution in [-0.4, -0.2) is 16.8 Å². The Morgan fingerprint density at radius 3 is 2.74 bits per heavy atom. The topological polar surface area (TPSA) is 63.4 Å². The quantitative estimate of drug-likeness (QED) is 0.771. The van der Waals surface area contributed by atoms with Gasteiger partial charge in [-0.3, -0.25) is 9.59 Å². The second-order valence-corrected chi connectivity index (χ2v) is 4.73. The third-order valence-electron chi connectivity index (χ3n) is 3.24. The first-order chi connectivity index (χ1) is 9.08. The lowest BCUT2D eigenvalue weighted by Crippen LogP contribution is -2.28. The highest BCUT2D eigenvalue weighted by Crippen LogP contribution is 2.33. The van der Waals surface area contributed by atoms with Crippen LogP contribution in [0.4, 0.5) is 5.69 Å². The number of aryl methyl sites for hydroxylation is 2. The van der Waals surface area contributed by atoms with Crippen LogP contribution < -0.4 is 4.90 Å². The monoisotopic (exact) mass is 256 g/mol. The van der Waals surface area contributed by atoms with E-state index in [0.717, 1.165) is 16.7 Å². The predicted molar refractivity (Wildman–Crippen MR) is 67.9 cm³/mol. The van der Waals surface area contributed by atoms with Crippen LogP contribution in [0, 0.1) is 13.8 Å². The number of carbonyl (C=O) groups excluding carboxylic acids is 2. The van der Waals surface area contributed by atoms with Crippen LogP contribution in [0.15, 0.2) is 29.1 Å². The van der Waals surface area contributed by atoms with Gasteiger partial charge in [0, 0.05) is 5.56 Å². The number of amides is 1. The number of hydrogen-bond donors (Lipinski definition) is 0. The third kappa shape index (κ3) is 1.74. The zero-order chi connectivity index (χ0) is 13.6. The first-order valence-corrected chi connectivity index (χ1v) is 5.93. The minimum absolute atomic E-state index is 0.296. The molecule has 0 fully saturated rings. The van der Waals surface area contributed by atoms with Gasteiger partial charge < -0.3 is 9.42 Å². The fourth-order valence-electron chi connectivity index (χ4n) is 2.44. The van der Waals surface area contributed by atoms with E-state index in [0.29, 0.717) is 17.8 Å². The highest BCUT2D eigenvalue weighted by molar-refractivity contribution is 6.52. The Labute approximate surface area is 109 Å². The van der Waals surface area contributed by atoms with Gasteiger partial charge in [0.05, 0.1) is 24.0 Å². The summed E-state index contributed by atoms with van der Waals surface area (Å²) >= 11 is 0. The Morgan fingerprint density at radius 1 is 1.26 bits per heavy atom. The second-order valence-electron chi connectivity index (χ2n) is 4.73. The van der Waals surface area contributed by atoms with Gasteiger partial charge >= 0.3 is 0 Å². The predicted octanol–water partition coefficient (Wildman–Crippen LogP) is 2.02. The number of nitrogens with zero attached hydrogens (tertiary/aromatic N) is 2. The van der Waals surface area contributed by atoms with E-state index >= 15 is 0 Å². The Hall–Kier alpha value is -2.43. The van der Waals surface area contributed by atoms with Crippen molar-refractivity contribution in [1.29, 1.82) is 0 Å². The molecule has 1 aromatic heterocycles. The molecule has 0 saturated carbocycles. The molecule has 0 saturated heterocycles. The molecule has 0 atom stereocenters.